The summed E-state index contributed by atoms with van der Waals surface area (Å²) >= 11 is 0. The Morgan fingerprint density at radius 1 is 0.263 bits per heavy atom. The Hall–Kier alpha value is -7.63. The van der Waals surface area contributed by atoms with Crippen molar-refractivity contribution in [1.29, 1.82) is 0 Å². The van der Waals surface area contributed by atoms with E-state index in [1.165, 1.54) is 49.4 Å². The van der Waals surface area contributed by atoms with Gasteiger partial charge in [0.1, 0.15) is 0 Å². The predicted molar refractivity (Wildman–Crippen MR) is 324 cm³/mol. The summed E-state index contributed by atoms with van der Waals surface area (Å²) < 4.78 is 4.92. The molecule has 0 unspecified atom stereocenters. The largest absolute Gasteiger partial charge is 0.309 e. The van der Waals surface area contributed by atoms with Crippen molar-refractivity contribution < 1.29 is 0 Å². The van der Waals surface area contributed by atoms with Crippen molar-refractivity contribution in [2.75, 3.05) is 0 Å². The molecule has 0 bridgehead atoms. The fourth-order valence-corrected chi connectivity index (χ4v) is 10.9. The zero-order chi connectivity index (χ0) is 53.9. The van der Waals surface area contributed by atoms with Gasteiger partial charge in [-0.2, -0.15) is 0 Å². The Morgan fingerprint density at radius 3 is 1.05 bits per heavy atom. The van der Waals surface area contributed by atoms with Crippen LogP contribution in [0, 0.1) is 0 Å². The summed E-state index contributed by atoms with van der Waals surface area (Å²) in [6.07, 6.45) is 0. The predicted octanol–water partition coefficient (Wildman–Crippen LogP) is 19.2. The Bertz CT molecular complexity index is 3860. The number of rotatable bonds is 6. The maximum atomic E-state index is 5.57. The molecule has 0 saturated carbocycles. The van der Waals surface area contributed by atoms with Crippen molar-refractivity contribution in [3.05, 3.63) is 198 Å². The molecule has 76 heavy (non-hydrogen) atoms. The van der Waals surface area contributed by atoms with E-state index in [1.807, 2.05) is 0 Å². The summed E-state index contributed by atoms with van der Waals surface area (Å²) in [4.78, 5) is 16.6. The molecule has 0 radical (unpaired) electrons. The third kappa shape index (κ3) is 9.12. The highest BCUT2D eigenvalue weighted by Crippen LogP contribution is 2.44. The van der Waals surface area contributed by atoms with E-state index in [1.54, 1.807) is 0 Å². The van der Waals surface area contributed by atoms with Crippen LogP contribution in [0.3, 0.4) is 0 Å². The first-order valence-electron chi connectivity index (χ1n) is 27.2. The van der Waals surface area contributed by atoms with E-state index in [-0.39, 0.29) is 27.1 Å². The lowest BCUT2D eigenvalue weighted by atomic mass is 9.79. The smallest absolute Gasteiger partial charge is 0.164 e. The number of benzene rings is 8. The molecular formula is C71H73N5. The zero-order valence-electron chi connectivity index (χ0n) is 47.4. The Labute approximate surface area is 450 Å². The van der Waals surface area contributed by atoms with E-state index in [4.69, 9.17) is 15.0 Å². The SMILES string of the molecule is CC(C)(C)c1cc(-c2nc(-c3cc(C(C)(C)C)cc(C(C)(C)C)c3)nc(-c3ccc(-n4c5ccccc5c5cc(C(C)(C)C)ccc54)c(-c4ccccc4-n4c5ccccc5c5ccccc54)c3)n2)cc(C(C)(C)C)c1. The number of fused-ring (bicyclic) bond motifs is 6. The van der Waals surface area contributed by atoms with Crippen molar-refractivity contribution in [1.82, 2.24) is 24.1 Å². The Balaban J connectivity index is 1.24. The van der Waals surface area contributed by atoms with Gasteiger partial charge in [0.25, 0.3) is 0 Å². The standard InChI is InChI=1S/C71H73N5/c1-67(2,3)47-33-35-63-57(43-47)55-27-19-23-31-61(55)76(63)62-34-32-44(40-56(62)54-26-18-22-30-60(54)75-58-28-20-16-24-52(58)53-25-17-21-29-59(53)75)64-72-65(45-36-48(68(4,5)6)41-49(37-45)69(7,8)9)74-66(73-64)46-38-50(70(10,11)12)42-51(39-46)71(13,14)15/h16-43H,1-15H3. The van der Waals surface area contributed by atoms with Gasteiger partial charge in [-0.1, -0.05) is 195 Å². The summed E-state index contributed by atoms with van der Waals surface area (Å²) in [5.74, 6) is 1.93. The van der Waals surface area contributed by atoms with Crippen LogP contribution in [0.1, 0.15) is 132 Å². The second kappa shape index (κ2) is 18.0. The lowest BCUT2D eigenvalue weighted by Gasteiger charge is -2.26. The van der Waals surface area contributed by atoms with Gasteiger partial charge in [0.05, 0.1) is 33.4 Å². The van der Waals surface area contributed by atoms with E-state index in [2.05, 4.69) is 283 Å². The van der Waals surface area contributed by atoms with E-state index in [9.17, 15) is 0 Å². The Morgan fingerprint density at radius 2 is 0.618 bits per heavy atom. The van der Waals surface area contributed by atoms with Crippen molar-refractivity contribution in [2.24, 2.45) is 0 Å². The topological polar surface area (TPSA) is 48.5 Å². The molecule has 382 valence electrons. The van der Waals surface area contributed by atoms with Crippen molar-refractivity contribution in [3.63, 3.8) is 0 Å². The fourth-order valence-electron chi connectivity index (χ4n) is 10.9. The van der Waals surface area contributed by atoms with Crippen LogP contribution < -0.4 is 0 Å². The summed E-state index contributed by atoms with van der Waals surface area (Å²) in [7, 11) is 0. The van der Waals surface area contributed by atoms with Gasteiger partial charge < -0.3 is 9.13 Å². The van der Waals surface area contributed by atoms with Gasteiger partial charge in [0.15, 0.2) is 17.5 Å². The summed E-state index contributed by atoms with van der Waals surface area (Å²) in [5.41, 5.74) is 17.7. The quantitative estimate of drug-likeness (QED) is 0.167. The summed E-state index contributed by atoms with van der Waals surface area (Å²) in [6.45, 7) is 34.3. The molecule has 0 fully saturated rings. The molecule has 5 heteroatoms. The molecule has 11 rings (SSSR count). The van der Waals surface area contributed by atoms with Crippen LogP contribution in [-0.2, 0) is 27.1 Å². The van der Waals surface area contributed by atoms with Crippen LogP contribution in [0.15, 0.2) is 170 Å². The number of nitrogens with zero attached hydrogens (tertiary/aromatic N) is 5. The molecule has 0 N–H and O–H groups in total. The van der Waals surface area contributed by atoms with E-state index in [0.717, 1.165) is 61.3 Å². The van der Waals surface area contributed by atoms with E-state index in [0.29, 0.717) is 17.5 Å². The molecule has 0 amide bonds. The lowest BCUT2D eigenvalue weighted by molar-refractivity contribution is 0.568. The molecule has 0 aliphatic heterocycles. The maximum Gasteiger partial charge on any atom is 0.164 e. The van der Waals surface area contributed by atoms with Gasteiger partial charge in [0.2, 0.25) is 0 Å². The molecule has 0 atom stereocenters. The molecular weight excluding hydrogens is 923 g/mol. The monoisotopic (exact) mass is 996 g/mol. The average Bonchev–Trinajstić information content (AvgIpc) is 3.90. The minimum atomic E-state index is -0.104. The van der Waals surface area contributed by atoms with Crippen LogP contribution in [0.25, 0.3) is 100 Å². The van der Waals surface area contributed by atoms with Gasteiger partial charge in [-0.15, -0.1) is 0 Å². The highest BCUT2D eigenvalue weighted by Gasteiger charge is 2.27. The Kier molecular flexibility index (Phi) is 12.0. The molecule has 3 aromatic heterocycles. The summed E-state index contributed by atoms with van der Waals surface area (Å²) in [5, 5.41) is 4.90. The molecule has 0 aliphatic carbocycles. The normalized spacial score (nSPS) is 12.9. The van der Waals surface area contributed by atoms with Gasteiger partial charge in [-0.05, 0) is 134 Å². The minimum absolute atomic E-state index is 0.0154. The third-order valence-electron chi connectivity index (χ3n) is 15.5. The highest BCUT2D eigenvalue weighted by molar-refractivity contribution is 6.11. The van der Waals surface area contributed by atoms with Crippen LogP contribution in [0.5, 0.6) is 0 Å². The fraction of sp³-hybridized carbons (Fsp3) is 0.282. The molecule has 0 aliphatic rings. The molecule has 11 aromatic rings. The van der Waals surface area contributed by atoms with E-state index >= 15 is 0 Å². The second-order valence-corrected chi connectivity index (χ2v) is 26.4. The van der Waals surface area contributed by atoms with Gasteiger partial charge in [0, 0.05) is 49.4 Å². The molecule has 0 spiro atoms. The van der Waals surface area contributed by atoms with Crippen LogP contribution in [0.2, 0.25) is 0 Å². The maximum absolute atomic E-state index is 5.57. The first kappa shape index (κ1) is 50.5. The van der Waals surface area contributed by atoms with Gasteiger partial charge in [-0.25, -0.2) is 15.0 Å². The summed E-state index contributed by atoms with van der Waals surface area (Å²) in [6, 6.07) is 63.2. The third-order valence-corrected chi connectivity index (χ3v) is 15.5. The molecule has 8 aromatic carbocycles. The second-order valence-electron chi connectivity index (χ2n) is 26.4. The molecule has 5 nitrogen and oxygen atoms in total. The lowest BCUT2D eigenvalue weighted by Crippen LogP contribution is -2.17. The highest BCUT2D eigenvalue weighted by atomic mass is 15.0. The number of aromatic nitrogens is 5. The average molecular weight is 996 g/mol. The van der Waals surface area contributed by atoms with Crippen LogP contribution in [0.4, 0.5) is 0 Å². The van der Waals surface area contributed by atoms with Crippen molar-refractivity contribution in [2.45, 2.75) is 131 Å². The molecule has 3 heterocycles. The first-order chi connectivity index (χ1) is 35.8. The van der Waals surface area contributed by atoms with Crippen LogP contribution in [-0.4, -0.2) is 24.1 Å². The minimum Gasteiger partial charge on any atom is -0.309 e. The first-order valence-corrected chi connectivity index (χ1v) is 27.2. The number of hydrogen-bond acceptors (Lipinski definition) is 3. The number of hydrogen-bond donors (Lipinski definition) is 0. The number of para-hydroxylation sites is 4. The van der Waals surface area contributed by atoms with Crippen molar-refractivity contribution in [3.8, 4) is 56.7 Å². The van der Waals surface area contributed by atoms with Gasteiger partial charge in [-0.3, -0.25) is 0 Å². The van der Waals surface area contributed by atoms with Crippen LogP contribution >= 0.6 is 0 Å². The zero-order valence-corrected chi connectivity index (χ0v) is 47.4. The van der Waals surface area contributed by atoms with Crippen molar-refractivity contribution >= 4 is 43.6 Å². The van der Waals surface area contributed by atoms with Gasteiger partial charge >= 0.3 is 0 Å². The van der Waals surface area contributed by atoms with E-state index < -0.39 is 0 Å². The molecule has 0 saturated heterocycles.